The van der Waals surface area contributed by atoms with Gasteiger partial charge in [0, 0.05) is 24.5 Å². The molecule has 2 N–H and O–H groups in total. The number of aliphatic imine (C=N–C) groups is 1. The maximum absolute atomic E-state index is 13.3. The van der Waals surface area contributed by atoms with Gasteiger partial charge in [0.2, 0.25) is 4.96 Å². The van der Waals surface area contributed by atoms with Crippen LogP contribution in [0.5, 0.6) is 0 Å². The summed E-state index contributed by atoms with van der Waals surface area (Å²) in [7, 11) is 0. The number of hydrogen-bond donors (Lipinski definition) is 1. The molecule has 0 fully saturated rings. The van der Waals surface area contributed by atoms with Gasteiger partial charge in [-0.3, -0.25) is 9.79 Å². The lowest BCUT2D eigenvalue weighted by Gasteiger charge is -2.11. The van der Waals surface area contributed by atoms with Crippen molar-refractivity contribution in [2.45, 2.75) is 25.7 Å². The number of allylic oxidation sites excluding steroid dienone is 1. The minimum atomic E-state index is -4.99. The highest BCUT2D eigenvalue weighted by atomic mass is 32.1. The Hall–Kier alpha value is -2.44. The fraction of sp³-hybridized carbons (Fsp3) is 0.385. The molecule has 142 valence electrons. The molecule has 2 aromatic rings. The summed E-state index contributed by atoms with van der Waals surface area (Å²) in [6, 6.07) is 0. The third-order valence-corrected chi connectivity index (χ3v) is 3.83. The van der Waals surface area contributed by atoms with Gasteiger partial charge >= 0.3 is 12.4 Å². The minimum absolute atomic E-state index is 0.269. The monoisotopic (exact) mass is 399 g/mol. The van der Waals surface area contributed by atoms with Gasteiger partial charge in [-0.2, -0.15) is 36.0 Å². The number of nitrogens with zero attached hydrogens (tertiary/aromatic N) is 4. The van der Waals surface area contributed by atoms with Crippen molar-refractivity contribution in [1.29, 1.82) is 0 Å². The van der Waals surface area contributed by atoms with Crippen molar-refractivity contribution >= 4 is 28.1 Å². The lowest BCUT2D eigenvalue weighted by atomic mass is 10.1. The molecule has 0 saturated carbocycles. The highest BCUT2D eigenvalue weighted by Gasteiger charge is 2.38. The summed E-state index contributed by atoms with van der Waals surface area (Å²) in [5, 5.41) is 4.08. The van der Waals surface area contributed by atoms with Crippen molar-refractivity contribution in [3.05, 3.63) is 32.8 Å². The van der Waals surface area contributed by atoms with Crippen molar-refractivity contribution in [2.24, 2.45) is 10.7 Å². The predicted octanol–water partition coefficient (Wildman–Crippen LogP) is 2.80. The van der Waals surface area contributed by atoms with Crippen LogP contribution in [-0.2, 0) is 6.18 Å². The molecule has 0 bridgehead atoms. The van der Waals surface area contributed by atoms with Crippen molar-refractivity contribution < 1.29 is 26.3 Å². The number of nitrogens with two attached hydrogens (primary N) is 1. The van der Waals surface area contributed by atoms with Gasteiger partial charge in [0.15, 0.2) is 5.69 Å². The molecule has 2 heterocycles. The zero-order chi connectivity index (χ0) is 19.7. The zero-order valence-corrected chi connectivity index (χ0v) is 13.8. The smallest absolute Gasteiger partial charge is 0.404 e. The molecular formula is C13H11F6N5OS. The summed E-state index contributed by atoms with van der Waals surface area (Å²) in [4.78, 5) is 19.0. The highest BCUT2D eigenvalue weighted by Crippen LogP contribution is 2.32. The molecule has 0 aromatic carbocycles. The summed E-state index contributed by atoms with van der Waals surface area (Å²) in [5.41, 5.74) is 1.18. The van der Waals surface area contributed by atoms with Gasteiger partial charge in [0.1, 0.15) is 5.01 Å². The Morgan fingerprint density at radius 2 is 1.96 bits per heavy atom. The maximum Gasteiger partial charge on any atom is 0.434 e. The Morgan fingerprint density at radius 3 is 2.50 bits per heavy atom. The largest absolute Gasteiger partial charge is 0.434 e. The van der Waals surface area contributed by atoms with E-state index < -0.39 is 47.7 Å². The first-order valence-corrected chi connectivity index (χ1v) is 7.72. The fourth-order valence-electron chi connectivity index (χ4n) is 1.95. The van der Waals surface area contributed by atoms with E-state index in [1.165, 1.54) is 6.92 Å². The van der Waals surface area contributed by atoms with Crippen LogP contribution in [0, 0.1) is 6.92 Å². The van der Waals surface area contributed by atoms with Crippen LogP contribution in [0.3, 0.4) is 0 Å². The van der Waals surface area contributed by atoms with Crippen LogP contribution in [0.2, 0.25) is 0 Å². The van der Waals surface area contributed by atoms with Gasteiger partial charge in [0.25, 0.3) is 5.56 Å². The summed E-state index contributed by atoms with van der Waals surface area (Å²) in [5.74, 6) is 0. The first-order valence-electron chi connectivity index (χ1n) is 6.90. The van der Waals surface area contributed by atoms with Crippen LogP contribution >= 0.6 is 11.3 Å². The second-order valence-corrected chi connectivity index (χ2v) is 6.14. The van der Waals surface area contributed by atoms with Gasteiger partial charge in [-0.1, -0.05) is 11.3 Å². The van der Waals surface area contributed by atoms with E-state index in [1.807, 2.05) is 0 Å². The van der Waals surface area contributed by atoms with Gasteiger partial charge in [-0.25, -0.2) is 4.98 Å². The lowest BCUT2D eigenvalue weighted by molar-refractivity contribution is -0.141. The Balaban J connectivity index is 2.56. The van der Waals surface area contributed by atoms with Crippen LogP contribution in [0.25, 0.3) is 10.5 Å². The van der Waals surface area contributed by atoms with Gasteiger partial charge in [-0.15, -0.1) is 0 Å². The van der Waals surface area contributed by atoms with E-state index in [4.69, 9.17) is 5.73 Å². The average Bonchev–Trinajstić information content (AvgIpc) is 2.87. The minimum Gasteiger partial charge on any atom is -0.404 e. The van der Waals surface area contributed by atoms with Crippen molar-refractivity contribution in [3.8, 4) is 0 Å². The molecule has 0 amide bonds. The van der Waals surface area contributed by atoms with Gasteiger partial charge < -0.3 is 5.73 Å². The molecule has 0 aliphatic heterocycles. The van der Waals surface area contributed by atoms with E-state index in [1.54, 1.807) is 0 Å². The highest BCUT2D eigenvalue weighted by molar-refractivity contribution is 7.16. The summed E-state index contributed by atoms with van der Waals surface area (Å²) < 4.78 is 77.0. The van der Waals surface area contributed by atoms with E-state index in [0.29, 0.717) is 21.9 Å². The molecule has 2 aromatic heterocycles. The summed E-state index contributed by atoms with van der Waals surface area (Å²) in [6.45, 7) is 0.749. The number of fused-ring (bicyclic) bond motifs is 1. The van der Waals surface area contributed by atoms with E-state index in [9.17, 15) is 31.1 Å². The van der Waals surface area contributed by atoms with Crippen LogP contribution in [0.1, 0.15) is 22.7 Å². The van der Waals surface area contributed by atoms with Gasteiger partial charge in [0.05, 0.1) is 12.0 Å². The van der Waals surface area contributed by atoms with E-state index in [-0.39, 0.29) is 4.96 Å². The Morgan fingerprint density at radius 1 is 1.31 bits per heavy atom. The van der Waals surface area contributed by atoms with Crippen LogP contribution in [0.4, 0.5) is 26.3 Å². The van der Waals surface area contributed by atoms with E-state index >= 15 is 0 Å². The van der Waals surface area contributed by atoms with Crippen LogP contribution < -0.4 is 11.3 Å². The average molecular weight is 399 g/mol. The molecule has 0 spiro atoms. The molecule has 0 aliphatic rings. The zero-order valence-electron chi connectivity index (χ0n) is 13.0. The van der Waals surface area contributed by atoms with Crippen LogP contribution in [0.15, 0.2) is 16.0 Å². The molecular weight excluding hydrogens is 388 g/mol. The van der Waals surface area contributed by atoms with Crippen molar-refractivity contribution in [1.82, 2.24) is 14.6 Å². The van der Waals surface area contributed by atoms with Crippen LogP contribution in [-0.4, -0.2) is 33.5 Å². The van der Waals surface area contributed by atoms with E-state index in [0.717, 1.165) is 11.3 Å². The molecule has 6 nitrogen and oxygen atoms in total. The van der Waals surface area contributed by atoms with E-state index in [2.05, 4.69) is 15.1 Å². The fourth-order valence-corrected chi connectivity index (χ4v) is 2.68. The number of halogens is 6. The number of rotatable bonds is 4. The molecule has 0 saturated heterocycles. The summed E-state index contributed by atoms with van der Waals surface area (Å²) >= 11 is 0.780. The third-order valence-electron chi connectivity index (χ3n) is 3.00. The number of aromatic nitrogens is 3. The first-order chi connectivity index (χ1) is 11.9. The third kappa shape index (κ3) is 4.39. The maximum atomic E-state index is 13.3. The predicted molar refractivity (Wildman–Crippen MR) is 83.1 cm³/mol. The standard InChI is InChI=1S/C13H11F6N5OS/c1-6-23-24-10(25)8(9(13(17,18)19)22-11(24)26-6)7(4-20)5-21-3-2-12(14,15)16/h4-5H,2-3,20H2,1H3. The quantitative estimate of drug-likeness (QED) is 0.633. The van der Waals surface area contributed by atoms with Gasteiger partial charge in [-0.05, 0) is 6.92 Å². The van der Waals surface area contributed by atoms with Crippen molar-refractivity contribution in [2.75, 3.05) is 6.54 Å². The molecule has 0 radical (unpaired) electrons. The molecule has 0 unspecified atom stereocenters. The normalized spacial score (nSPS) is 13.9. The Kier molecular flexibility index (Phi) is 5.39. The molecule has 26 heavy (non-hydrogen) atoms. The topological polar surface area (TPSA) is 85.6 Å². The molecule has 2 rings (SSSR count). The second kappa shape index (κ2) is 7.05. The number of aryl methyl sites for hydroxylation is 1. The van der Waals surface area contributed by atoms with Crippen molar-refractivity contribution in [3.63, 3.8) is 0 Å². The molecule has 0 aliphatic carbocycles. The molecule has 0 atom stereocenters. The summed E-state index contributed by atoms with van der Waals surface area (Å²) in [6.07, 6.45) is -9.40. The second-order valence-electron chi connectivity index (χ2n) is 4.98. The number of alkyl halides is 6. The lowest BCUT2D eigenvalue weighted by Crippen LogP contribution is -2.26. The Bertz CT molecular complexity index is 924. The Labute approximate surface area is 145 Å². The first kappa shape index (κ1) is 19.9. The SMILES string of the molecule is Cc1nn2c(=O)c(C(C=NCCC(F)(F)F)=CN)c(C(F)(F)F)nc2s1. The number of hydrogen-bond acceptors (Lipinski definition) is 6. The molecule has 13 heteroatoms.